The molecule has 0 spiro atoms. The summed E-state index contributed by atoms with van der Waals surface area (Å²) in [5.74, 6) is 1.11. The summed E-state index contributed by atoms with van der Waals surface area (Å²) >= 11 is 0. The van der Waals surface area contributed by atoms with Gasteiger partial charge in [0.05, 0.1) is 11.4 Å². The SMILES string of the molecule is CN1C=CC(c2cnc(N)nc2CC2CC2)=NC1NC1CCCCC1. The highest BCUT2D eigenvalue weighted by Gasteiger charge is 2.26. The fourth-order valence-electron chi connectivity index (χ4n) is 3.73. The minimum atomic E-state index is -0.0190. The Bertz CT molecular complexity index is 672. The van der Waals surface area contributed by atoms with E-state index in [4.69, 9.17) is 10.7 Å². The van der Waals surface area contributed by atoms with Crippen LogP contribution in [0.15, 0.2) is 23.5 Å². The number of rotatable bonds is 5. The molecule has 1 aromatic rings. The molecule has 2 heterocycles. The van der Waals surface area contributed by atoms with Gasteiger partial charge < -0.3 is 10.6 Å². The molecule has 6 heteroatoms. The number of allylic oxidation sites excluding steroid dienone is 1. The van der Waals surface area contributed by atoms with Crippen molar-refractivity contribution in [3.05, 3.63) is 29.7 Å². The van der Waals surface area contributed by atoms with Crippen molar-refractivity contribution in [3.8, 4) is 0 Å². The van der Waals surface area contributed by atoms with Gasteiger partial charge in [-0.3, -0.25) is 5.32 Å². The lowest BCUT2D eigenvalue weighted by atomic mass is 9.95. The van der Waals surface area contributed by atoms with Crippen LogP contribution in [0.2, 0.25) is 0 Å². The van der Waals surface area contributed by atoms with Gasteiger partial charge in [0.2, 0.25) is 5.95 Å². The number of nitrogens with two attached hydrogens (primary N) is 1. The second-order valence-corrected chi connectivity index (χ2v) is 7.61. The largest absolute Gasteiger partial charge is 0.368 e. The Hall–Kier alpha value is -1.95. The maximum atomic E-state index is 5.83. The van der Waals surface area contributed by atoms with Gasteiger partial charge in [0.1, 0.15) is 0 Å². The third-order valence-electron chi connectivity index (χ3n) is 5.45. The van der Waals surface area contributed by atoms with Crippen molar-refractivity contribution >= 4 is 11.7 Å². The van der Waals surface area contributed by atoms with Crippen LogP contribution in [0.25, 0.3) is 0 Å². The van der Waals surface area contributed by atoms with E-state index < -0.39 is 0 Å². The Balaban J connectivity index is 1.56. The van der Waals surface area contributed by atoms with Crippen LogP contribution < -0.4 is 11.1 Å². The molecule has 0 radical (unpaired) electrons. The van der Waals surface area contributed by atoms with Gasteiger partial charge >= 0.3 is 0 Å². The molecule has 0 amide bonds. The van der Waals surface area contributed by atoms with Gasteiger partial charge in [-0.15, -0.1) is 0 Å². The number of hydrogen-bond donors (Lipinski definition) is 2. The number of nitrogen functional groups attached to an aromatic ring is 1. The Morgan fingerprint density at radius 3 is 2.76 bits per heavy atom. The van der Waals surface area contributed by atoms with Gasteiger partial charge in [-0.2, -0.15) is 0 Å². The van der Waals surface area contributed by atoms with Crippen LogP contribution >= 0.6 is 0 Å². The summed E-state index contributed by atoms with van der Waals surface area (Å²) in [4.78, 5) is 15.8. The first-order valence-corrected chi connectivity index (χ1v) is 9.55. The van der Waals surface area contributed by atoms with E-state index in [2.05, 4.69) is 39.5 Å². The zero-order valence-corrected chi connectivity index (χ0v) is 15.0. The van der Waals surface area contributed by atoms with Crippen molar-refractivity contribution < 1.29 is 0 Å². The molecule has 0 bridgehead atoms. The monoisotopic (exact) mass is 340 g/mol. The lowest BCUT2D eigenvalue weighted by molar-refractivity contribution is 0.230. The van der Waals surface area contributed by atoms with Gasteiger partial charge in [-0.05, 0) is 44.1 Å². The molecule has 2 fully saturated rings. The smallest absolute Gasteiger partial charge is 0.220 e. The van der Waals surface area contributed by atoms with E-state index in [0.29, 0.717) is 12.0 Å². The molecule has 1 unspecified atom stereocenters. The van der Waals surface area contributed by atoms with Crippen LogP contribution in [0.4, 0.5) is 5.95 Å². The molecule has 0 aromatic carbocycles. The van der Waals surface area contributed by atoms with Crippen LogP contribution in [0.3, 0.4) is 0 Å². The van der Waals surface area contributed by atoms with Gasteiger partial charge in [0.25, 0.3) is 0 Å². The van der Waals surface area contributed by atoms with E-state index in [-0.39, 0.29) is 6.29 Å². The lowest BCUT2D eigenvalue weighted by Crippen LogP contribution is -2.47. The third kappa shape index (κ3) is 4.00. The Morgan fingerprint density at radius 2 is 2.00 bits per heavy atom. The van der Waals surface area contributed by atoms with Crippen LogP contribution in [0.5, 0.6) is 0 Å². The van der Waals surface area contributed by atoms with Crippen molar-refractivity contribution in [3.63, 3.8) is 0 Å². The summed E-state index contributed by atoms with van der Waals surface area (Å²) in [6.45, 7) is 0. The maximum absolute atomic E-state index is 5.83. The second-order valence-electron chi connectivity index (χ2n) is 7.61. The highest BCUT2D eigenvalue weighted by atomic mass is 15.4. The summed E-state index contributed by atoms with van der Waals surface area (Å²) in [6.07, 6.45) is 16.0. The molecule has 134 valence electrons. The first-order valence-electron chi connectivity index (χ1n) is 9.55. The van der Waals surface area contributed by atoms with Crippen molar-refractivity contribution in [2.45, 2.75) is 63.7 Å². The Morgan fingerprint density at radius 1 is 1.20 bits per heavy atom. The van der Waals surface area contributed by atoms with E-state index >= 15 is 0 Å². The molecular formula is C19H28N6. The van der Waals surface area contributed by atoms with Crippen molar-refractivity contribution in [1.82, 2.24) is 20.2 Å². The van der Waals surface area contributed by atoms with E-state index in [1.807, 2.05) is 6.20 Å². The summed E-state index contributed by atoms with van der Waals surface area (Å²) in [5, 5.41) is 3.71. The molecule has 3 aliphatic rings. The Labute approximate surface area is 149 Å². The molecule has 6 nitrogen and oxygen atoms in total. The van der Waals surface area contributed by atoms with Gasteiger partial charge in [0, 0.05) is 31.0 Å². The number of nitrogens with one attached hydrogen (secondary N) is 1. The quantitative estimate of drug-likeness (QED) is 0.861. The predicted molar refractivity (Wildman–Crippen MR) is 100 cm³/mol. The number of anilines is 1. The van der Waals surface area contributed by atoms with E-state index in [1.54, 1.807) is 0 Å². The molecule has 1 aromatic heterocycles. The van der Waals surface area contributed by atoms with E-state index in [1.165, 1.54) is 44.9 Å². The summed E-state index contributed by atoms with van der Waals surface area (Å²) in [5.41, 5.74) is 8.86. The van der Waals surface area contributed by atoms with Crippen LogP contribution in [0.1, 0.15) is 56.2 Å². The van der Waals surface area contributed by atoms with Crippen molar-refractivity contribution in [2.75, 3.05) is 12.8 Å². The maximum Gasteiger partial charge on any atom is 0.220 e. The molecule has 2 saturated carbocycles. The zero-order valence-electron chi connectivity index (χ0n) is 15.0. The fourth-order valence-corrected chi connectivity index (χ4v) is 3.73. The van der Waals surface area contributed by atoms with Crippen LogP contribution in [0, 0.1) is 5.92 Å². The standard InChI is InChI=1S/C19H28N6/c1-25-10-9-16(24-19(25)22-14-5-3-2-4-6-14)15-12-21-18(20)23-17(15)11-13-7-8-13/h9-10,12-14,19,22H,2-8,11H2,1H3,(H2,20,21,23). The van der Waals surface area contributed by atoms with Gasteiger partial charge in [-0.1, -0.05) is 19.3 Å². The van der Waals surface area contributed by atoms with Crippen LogP contribution in [-0.2, 0) is 6.42 Å². The number of aliphatic imine (C=N–C) groups is 1. The van der Waals surface area contributed by atoms with E-state index in [9.17, 15) is 0 Å². The third-order valence-corrected chi connectivity index (χ3v) is 5.45. The zero-order chi connectivity index (χ0) is 17.2. The van der Waals surface area contributed by atoms with Crippen molar-refractivity contribution in [2.24, 2.45) is 10.9 Å². The molecular weight excluding hydrogens is 312 g/mol. The van der Waals surface area contributed by atoms with Gasteiger partial charge in [-0.25, -0.2) is 15.0 Å². The van der Waals surface area contributed by atoms with Crippen LogP contribution in [-0.4, -0.2) is 40.0 Å². The highest BCUT2D eigenvalue weighted by molar-refractivity contribution is 6.09. The minimum Gasteiger partial charge on any atom is -0.368 e. The number of hydrogen-bond acceptors (Lipinski definition) is 6. The number of nitrogens with zero attached hydrogens (tertiary/aromatic N) is 4. The first kappa shape index (κ1) is 16.5. The average Bonchev–Trinajstić information content (AvgIpc) is 3.42. The normalized spacial score (nSPS) is 24.4. The first-order chi connectivity index (χ1) is 12.2. The molecule has 1 atom stereocenters. The topological polar surface area (TPSA) is 79.4 Å². The minimum absolute atomic E-state index is 0.0190. The summed E-state index contributed by atoms with van der Waals surface area (Å²) < 4.78 is 0. The molecule has 2 aliphatic carbocycles. The summed E-state index contributed by atoms with van der Waals surface area (Å²) in [7, 11) is 2.07. The van der Waals surface area contributed by atoms with Gasteiger partial charge in [0.15, 0.2) is 6.29 Å². The fraction of sp³-hybridized carbons (Fsp3) is 0.632. The average molecular weight is 340 g/mol. The highest BCUT2D eigenvalue weighted by Crippen LogP contribution is 2.33. The molecule has 4 rings (SSSR count). The second kappa shape index (κ2) is 7.12. The lowest BCUT2D eigenvalue weighted by Gasteiger charge is -2.33. The number of aromatic nitrogens is 2. The molecule has 0 saturated heterocycles. The summed E-state index contributed by atoms with van der Waals surface area (Å²) in [6, 6.07) is 0.561. The predicted octanol–water partition coefficient (Wildman–Crippen LogP) is 2.47. The van der Waals surface area contributed by atoms with E-state index in [0.717, 1.165) is 29.3 Å². The Kier molecular flexibility index (Phi) is 4.70. The molecule has 3 N–H and O–H groups in total. The van der Waals surface area contributed by atoms with Crippen molar-refractivity contribution in [1.29, 1.82) is 0 Å². The molecule has 25 heavy (non-hydrogen) atoms. The molecule has 1 aliphatic heterocycles.